The van der Waals surface area contributed by atoms with Crippen LogP contribution in [0.5, 0.6) is 11.5 Å². The Morgan fingerprint density at radius 1 is 1.13 bits per heavy atom. The number of carbonyl (C=O) groups is 1. The Balaban J connectivity index is 1.90. The molecule has 7 nitrogen and oxygen atoms in total. The summed E-state index contributed by atoms with van der Waals surface area (Å²) in [5.74, 6) is 0.0677. The van der Waals surface area contributed by atoms with Crippen molar-refractivity contribution in [3.63, 3.8) is 0 Å². The molecule has 8 heteroatoms. The molecular formula is C23H21FN4O3. The summed E-state index contributed by atoms with van der Waals surface area (Å²) in [6.45, 7) is 3.59. The summed E-state index contributed by atoms with van der Waals surface area (Å²) in [6, 6.07) is 12.8. The topological polar surface area (TPSA) is 89.2 Å². The third-order valence-corrected chi connectivity index (χ3v) is 4.71. The van der Waals surface area contributed by atoms with Gasteiger partial charge in [0.25, 0.3) is 5.91 Å². The summed E-state index contributed by atoms with van der Waals surface area (Å²) in [6.07, 6.45) is 1.49. The summed E-state index contributed by atoms with van der Waals surface area (Å²) < 4.78 is 25.3. The first-order valence-corrected chi connectivity index (χ1v) is 9.35. The molecule has 3 rings (SSSR count). The van der Waals surface area contributed by atoms with Crippen LogP contribution in [0.1, 0.15) is 17.0 Å². The van der Waals surface area contributed by atoms with Crippen molar-refractivity contribution in [2.45, 2.75) is 13.8 Å². The molecule has 1 heterocycles. The van der Waals surface area contributed by atoms with Crippen LogP contribution in [-0.4, -0.2) is 29.9 Å². The smallest absolute Gasteiger partial charge is 0.266 e. The van der Waals surface area contributed by atoms with Gasteiger partial charge in [-0.05, 0) is 56.3 Å². The number of anilines is 1. The normalized spacial score (nSPS) is 11.0. The van der Waals surface area contributed by atoms with Crippen LogP contribution in [0.15, 0.2) is 48.0 Å². The Kier molecular flexibility index (Phi) is 6.36. The highest BCUT2D eigenvalue weighted by molar-refractivity contribution is 6.09. The molecule has 0 radical (unpaired) electrons. The number of halogens is 1. The summed E-state index contributed by atoms with van der Waals surface area (Å²) in [5.41, 5.74) is 3.04. The number of methoxy groups -OCH3 is 2. The monoisotopic (exact) mass is 420 g/mol. The third-order valence-electron chi connectivity index (χ3n) is 4.71. The lowest BCUT2D eigenvalue weighted by Crippen LogP contribution is -2.13. The average Bonchev–Trinajstić information content (AvgIpc) is 3.05. The maximum atomic E-state index is 13.2. The van der Waals surface area contributed by atoms with Gasteiger partial charge in [0.05, 0.1) is 25.6 Å². The number of amides is 1. The predicted octanol–water partition coefficient (Wildman–Crippen LogP) is 4.19. The van der Waals surface area contributed by atoms with E-state index in [2.05, 4.69) is 10.4 Å². The lowest BCUT2D eigenvalue weighted by atomic mass is 10.1. The number of rotatable bonds is 6. The lowest BCUT2D eigenvalue weighted by molar-refractivity contribution is -0.112. The maximum Gasteiger partial charge on any atom is 0.266 e. The molecule has 0 spiro atoms. The van der Waals surface area contributed by atoms with Gasteiger partial charge >= 0.3 is 0 Å². The van der Waals surface area contributed by atoms with Crippen LogP contribution >= 0.6 is 0 Å². The highest BCUT2D eigenvalue weighted by Crippen LogP contribution is 2.30. The van der Waals surface area contributed by atoms with Gasteiger partial charge in [0.2, 0.25) is 0 Å². The molecule has 0 saturated heterocycles. The number of ether oxygens (including phenoxy) is 2. The lowest BCUT2D eigenvalue weighted by Gasteiger charge is -2.10. The van der Waals surface area contributed by atoms with Gasteiger partial charge in [0.1, 0.15) is 17.5 Å². The number of nitriles is 1. The van der Waals surface area contributed by atoms with E-state index in [1.807, 2.05) is 13.0 Å². The Labute approximate surface area is 179 Å². The molecule has 0 aliphatic carbocycles. The molecular weight excluding hydrogens is 399 g/mol. The van der Waals surface area contributed by atoms with Crippen molar-refractivity contribution in [1.29, 1.82) is 5.26 Å². The van der Waals surface area contributed by atoms with E-state index in [9.17, 15) is 14.4 Å². The number of aromatic nitrogens is 2. The second-order valence-electron chi connectivity index (χ2n) is 6.67. The first-order chi connectivity index (χ1) is 14.9. The van der Waals surface area contributed by atoms with Gasteiger partial charge < -0.3 is 14.8 Å². The van der Waals surface area contributed by atoms with Gasteiger partial charge in [-0.1, -0.05) is 0 Å². The van der Waals surface area contributed by atoms with E-state index in [-0.39, 0.29) is 11.4 Å². The predicted molar refractivity (Wildman–Crippen MR) is 115 cm³/mol. The molecule has 158 valence electrons. The van der Waals surface area contributed by atoms with Gasteiger partial charge in [-0.25, -0.2) is 9.07 Å². The second-order valence-corrected chi connectivity index (χ2v) is 6.67. The maximum absolute atomic E-state index is 13.2. The molecule has 0 bridgehead atoms. The average molecular weight is 420 g/mol. The Bertz CT molecular complexity index is 1190. The number of aryl methyl sites for hydroxylation is 1. The summed E-state index contributed by atoms with van der Waals surface area (Å²) >= 11 is 0. The first kappa shape index (κ1) is 21.6. The van der Waals surface area contributed by atoms with Crippen molar-refractivity contribution >= 4 is 17.7 Å². The van der Waals surface area contributed by atoms with E-state index in [4.69, 9.17) is 9.47 Å². The molecule has 31 heavy (non-hydrogen) atoms. The van der Waals surface area contributed by atoms with Crippen LogP contribution in [0, 0.1) is 31.0 Å². The highest BCUT2D eigenvalue weighted by Gasteiger charge is 2.16. The molecule has 0 atom stereocenters. The van der Waals surface area contributed by atoms with Crippen LogP contribution in [0.2, 0.25) is 0 Å². The number of nitrogens with one attached hydrogen (secondary N) is 1. The molecule has 0 unspecified atom stereocenters. The van der Waals surface area contributed by atoms with Crippen molar-refractivity contribution in [2.75, 3.05) is 19.5 Å². The van der Waals surface area contributed by atoms with Crippen molar-refractivity contribution in [3.8, 4) is 23.3 Å². The Hall–Kier alpha value is -4.12. The zero-order chi connectivity index (χ0) is 22.5. The van der Waals surface area contributed by atoms with E-state index < -0.39 is 5.91 Å². The first-order valence-electron chi connectivity index (χ1n) is 9.35. The largest absolute Gasteiger partial charge is 0.493 e. The minimum atomic E-state index is -0.567. The fourth-order valence-corrected chi connectivity index (χ4v) is 3.10. The fourth-order valence-electron chi connectivity index (χ4n) is 3.10. The standard InChI is InChI=1S/C23H21FN4O3/c1-14-20(15(2)28(27-14)19-8-5-17(24)6-9-19)11-16(13-25)23(29)26-18-7-10-21(30-3)22(12-18)31-4/h5-12H,1-4H3,(H,26,29). The number of benzene rings is 2. The number of hydrogen-bond donors (Lipinski definition) is 1. The zero-order valence-corrected chi connectivity index (χ0v) is 17.6. The Morgan fingerprint density at radius 3 is 2.42 bits per heavy atom. The van der Waals surface area contributed by atoms with Gasteiger partial charge in [0, 0.05) is 23.0 Å². The van der Waals surface area contributed by atoms with E-state index in [1.54, 1.807) is 41.9 Å². The van der Waals surface area contributed by atoms with Crippen molar-refractivity contribution in [1.82, 2.24) is 9.78 Å². The van der Waals surface area contributed by atoms with Crippen LogP contribution in [0.25, 0.3) is 11.8 Å². The van der Waals surface area contributed by atoms with Gasteiger partial charge in [0.15, 0.2) is 11.5 Å². The zero-order valence-electron chi connectivity index (χ0n) is 17.6. The third kappa shape index (κ3) is 4.56. The molecule has 0 saturated carbocycles. The molecule has 0 aliphatic heterocycles. The van der Waals surface area contributed by atoms with Crippen molar-refractivity contribution < 1.29 is 18.7 Å². The molecule has 2 aromatic carbocycles. The van der Waals surface area contributed by atoms with E-state index >= 15 is 0 Å². The number of hydrogen-bond acceptors (Lipinski definition) is 5. The highest BCUT2D eigenvalue weighted by atomic mass is 19.1. The summed E-state index contributed by atoms with van der Waals surface area (Å²) in [4.78, 5) is 12.7. The molecule has 3 aromatic rings. The van der Waals surface area contributed by atoms with Crippen LogP contribution in [-0.2, 0) is 4.79 Å². The minimum Gasteiger partial charge on any atom is -0.493 e. The molecule has 0 fully saturated rings. The second kappa shape index (κ2) is 9.13. The molecule has 0 aliphatic rings. The quantitative estimate of drug-likeness (QED) is 0.477. The van der Waals surface area contributed by atoms with Crippen LogP contribution in [0.4, 0.5) is 10.1 Å². The van der Waals surface area contributed by atoms with E-state index in [1.165, 1.54) is 32.4 Å². The summed E-state index contributed by atoms with van der Waals surface area (Å²) in [7, 11) is 3.01. The summed E-state index contributed by atoms with van der Waals surface area (Å²) in [5, 5.41) is 16.7. The SMILES string of the molecule is COc1ccc(NC(=O)C(C#N)=Cc2c(C)nn(-c3ccc(F)cc3)c2C)cc1OC. The number of nitrogens with zero attached hydrogens (tertiary/aromatic N) is 3. The minimum absolute atomic E-state index is 0.0837. The van der Waals surface area contributed by atoms with E-state index in [0.29, 0.717) is 34.1 Å². The fraction of sp³-hybridized carbons (Fsp3) is 0.174. The Morgan fingerprint density at radius 2 is 1.81 bits per heavy atom. The van der Waals surface area contributed by atoms with E-state index in [0.717, 1.165) is 5.69 Å². The number of carbonyl (C=O) groups excluding carboxylic acids is 1. The molecule has 1 N–H and O–H groups in total. The van der Waals surface area contributed by atoms with Gasteiger partial charge in [-0.2, -0.15) is 10.4 Å². The van der Waals surface area contributed by atoms with Crippen LogP contribution < -0.4 is 14.8 Å². The van der Waals surface area contributed by atoms with Crippen molar-refractivity contribution in [3.05, 3.63) is 70.8 Å². The van der Waals surface area contributed by atoms with Gasteiger partial charge in [-0.15, -0.1) is 0 Å². The van der Waals surface area contributed by atoms with Gasteiger partial charge in [-0.3, -0.25) is 4.79 Å². The molecule has 1 aromatic heterocycles. The van der Waals surface area contributed by atoms with Crippen LogP contribution in [0.3, 0.4) is 0 Å². The molecule has 1 amide bonds. The van der Waals surface area contributed by atoms with Crippen molar-refractivity contribution in [2.24, 2.45) is 0 Å².